The van der Waals surface area contributed by atoms with E-state index in [1.807, 2.05) is 24.3 Å². The molecule has 3 heterocycles. The van der Waals surface area contributed by atoms with Crippen molar-refractivity contribution in [3.63, 3.8) is 0 Å². The predicted molar refractivity (Wildman–Crippen MR) is 238 cm³/mol. The predicted octanol–water partition coefficient (Wildman–Crippen LogP) is 13.2. The number of fused-ring (bicyclic) bond motifs is 5. The Balaban J connectivity index is 1.13. The molecule has 0 amide bonds. The minimum Gasteiger partial charge on any atom is -0.278 e. The normalized spacial score (nSPS) is 11.4. The number of benzene rings is 8. The van der Waals surface area contributed by atoms with E-state index >= 15 is 0 Å². The third-order valence-electron chi connectivity index (χ3n) is 11.0. The van der Waals surface area contributed by atoms with E-state index in [1.54, 1.807) is 0 Å². The molecular weight excluding hydrogens is 707 g/mol. The van der Waals surface area contributed by atoms with Crippen LogP contribution < -0.4 is 0 Å². The molecule has 0 fully saturated rings. The zero-order chi connectivity index (χ0) is 38.4. The van der Waals surface area contributed by atoms with Gasteiger partial charge >= 0.3 is 0 Å². The zero-order valence-corrected chi connectivity index (χ0v) is 31.4. The van der Waals surface area contributed by atoms with Gasteiger partial charge in [0.15, 0.2) is 5.82 Å². The first-order valence-corrected chi connectivity index (χ1v) is 19.5. The van der Waals surface area contributed by atoms with Crippen LogP contribution in [0.3, 0.4) is 0 Å². The molecule has 0 aliphatic rings. The molecule has 0 atom stereocenters. The molecule has 0 saturated carbocycles. The first kappa shape index (κ1) is 33.4. The Labute approximate surface area is 335 Å². The lowest BCUT2D eigenvalue weighted by Gasteiger charge is -2.15. The Morgan fingerprint density at radius 2 is 0.862 bits per heavy atom. The molecule has 11 aromatic rings. The molecule has 0 spiro atoms. The van der Waals surface area contributed by atoms with Crippen molar-refractivity contribution in [2.75, 3.05) is 0 Å². The molecule has 58 heavy (non-hydrogen) atoms. The summed E-state index contributed by atoms with van der Waals surface area (Å²) in [5.41, 5.74) is 16.9. The lowest BCUT2D eigenvalue weighted by Crippen LogP contribution is -1.96. The van der Waals surface area contributed by atoms with Crippen LogP contribution in [0.1, 0.15) is 0 Å². The van der Waals surface area contributed by atoms with E-state index in [1.165, 1.54) is 5.56 Å². The van der Waals surface area contributed by atoms with Crippen LogP contribution in [-0.4, -0.2) is 23.9 Å². The third-order valence-corrected chi connectivity index (χ3v) is 11.0. The second-order valence-electron chi connectivity index (χ2n) is 14.5. The quantitative estimate of drug-likeness (QED) is 0.163. The summed E-state index contributed by atoms with van der Waals surface area (Å²) in [4.78, 5) is 15.5. The molecule has 5 heteroatoms. The van der Waals surface area contributed by atoms with Gasteiger partial charge in [0, 0.05) is 22.4 Å². The summed E-state index contributed by atoms with van der Waals surface area (Å²) in [5.74, 6) is 1.58. The Morgan fingerprint density at radius 1 is 0.310 bits per heavy atom. The maximum Gasteiger partial charge on any atom is 0.220 e. The SMILES string of the molecule is c1ccc(-c2ccc3nc4n(-c5ccccc5)c5ccc(-c6ccc(-c7cc(-c8ccccc8)nc(-c8ccccc8)n7)cc6-c6ccccc6)cc5n4c3c2)cc1. The van der Waals surface area contributed by atoms with Gasteiger partial charge in [0.2, 0.25) is 5.78 Å². The fourth-order valence-corrected chi connectivity index (χ4v) is 8.14. The van der Waals surface area contributed by atoms with E-state index in [4.69, 9.17) is 15.0 Å². The van der Waals surface area contributed by atoms with Crippen molar-refractivity contribution in [3.8, 4) is 73.0 Å². The molecule has 0 unspecified atom stereocenters. The number of nitrogens with zero attached hydrogens (tertiary/aromatic N) is 5. The summed E-state index contributed by atoms with van der Waals surface area (Å²) in [6.07, 6.45) is 0. The van der Waals surface area contributed by atoms with E-state index in [9.17, 15) is 0 Å². The van der Waals surface area contributed by atoms with Gasteiger partial charge in [-0.2, -0.15) is 0 Å². The van der Waals surface area contributed by atoms with Gasteiger partial charge < -0.3 is 0 Å². The average molecular weight is 742 g/mol. The van der Waals surface area contributed by atoms with Gasteiger partial charge in [-0.1, -0.05) is 164 Å². The van der Waals surface area contributed by atoms with Gasteiger partial charge in [0.25, 0.3) is 0 Å². The summed E-state index contributed by atoms with van der Waals surface area (Å²) < 4.78 is 4.59. The van der Waals surface area contributed by atoms with Gasteiger partial charge in [0.1, 0.15) is 0 Å². The molecule has 3 aromatic heterocycles. The molecule has 272 valence electrons. The molecule has 8 aromatic carbocycles. The van der Waals surface area contributed by atoms with Crippen LogP contribution in [-0.2, 0) is 0 Å². The first-order chi connectivity index (χ1) is 28.7. The van der Waals surface area contributed by atoms with E-state index < -0.39 is 0 Å². The molecule has 0 aliphatic heterocycles. The van der Waals surface area contributed by atoms with Gasteiger partial charge in [-0.25, -0.2) is 15.0 Å². The van der Waals surface area contributed by atoms with Crippen LogP contribution in [0.15, 0.2) is 212 Å². The van der Waals surface area contributed by atoms with Crippen LogP contribution in [0.25, 0.3) is 101 Å². The van der Waals surface area contributed by atoms with Gasteiger partial charge in [-0.15, -0.1) is 0 Å². The molecule has 11 rings (SSSR count). The summed E-state index contributed by atoms with van der Waals surface area (Å²) in [6.45, 7) is 0. The summed E-state index contributed by atoms with van der Waals surface area (Å²) in [6, 6.07) is 74.5. The zero-order valence-electron chi connectivity index (χ0n) is 31.4. The van der Waals surface area contributed by atoms with Crippen LogP contribution in [0.4, 0.5) is 0 Å². The van der Waals surface area contributed by atoms with Crippen LogP contribution in [0.2, 0.25) is 0 Å². The smallest absolute Gasteiger partial charge is 0.220 e. The third kappa shape index (κ3) is 5.85. The molecule has 5 nitrogen and oxygen atoms in total. The number of imidazole rings is 2. The van der Waals surface area contributed by atoms with Crippen molar-refractivity contribution in [1.29, 1.82) is 0 Å². The van der Waals surface area contributed by atoms with Crippen LogP contribution in [0.5, 0.6) is 0 Å². The minimum absolute atomic E-state index is 0.697. The maximum absolute atomic E-state index is 5.25. The lowest BCUT2D eigenvalue weighted by atomic mass is 9.91. The number of para-hydroxylation sites is 1. The van der Waals surface area contributed by atoms with Crippen molar-refractivity contribution < 1.29 is 0 Å². The molecule has 0 N–H and O–H groups in total. The highest BCUT2D eigenvalue weighted by atomic mass is 15.2. The molecule has 0 radical (unpaired) electrons. The van der Waals surface area contributed by atoms with Crippen molar-refractivity contribution in [2.45, 2.75) is 0 Å². The van der Waals surface area contributed by atoms with E-state index in [0.717, 1.165) is 89.4 Å². The fourth-order valence-electron chi connectivity index (χ4n) is 8.14. The Kier molecular flexibility index (Phi) is 8.07. The van der Waals surface area contributed by atoms with Crippen molar-refractivity contribution >= 4 is 27.8 Å². The lowest BCUT2D eigenvalue weighted by molar-refractivity contribution is 1.11. The van der Waals surface area contributed by atoms with Crippen molar-refractivity contribution in [2.24, 2.45) is 0 Å². The molecule has 0 aliphatic carbocycles. The largest absolute Gasteiger partial charge is 0.278 e. The molecular formula is C53H35N5. The van der Waals surface area contributed by atoms with Crippen LogP contribution >= 0.6 is 0 Å². The van der Waals surface area contributed by atoms with Crippen LogP contribution in [0, 0.1) is 0 Å². The highest BCUT2D eigenvalue weighted by Crippen LogP contribution is 2.39. The van der Waals surface area contributed by atoms with Gasteiger partial charge in [-0.05, 0) is 81.9 Å². The maximum atomic E-state index is 5.25. The summed E-state index contributed by atoms with van der Waals surface area (Å²) in [7, 11) is 0. The fraction of sp³-hybridized carbons (Fsp3) is 0. The topological polar surface area (TPSA) is 48.0 Å². The number of rotatable bonds is 7. The van der Waals surface area contributed by atoms with Gasteiger partial charge in [0.05, 0.1) is 33.5 Å². The number of aromatic nitrogens is 5. The standard InChI is InChI=1S/C53H35N5/c1-6-16-36(17-7-1)40-27-30-46-50(33-40)58-51-34-41(28-31-49(51)57(53(58)56-46)43-24-14-5-15-25-43)44-29-26-42(32-45(44)37-18-8-2-9-19-37)48-35-47(38-20-10-3-11-21-38)54-52(55-48)39-22-12-4-13-23-39/h1-35H. The second-order valence-corrected chi connectivity index (χ2v) is 14.5. The molecule has 0 saturated heterocycles. The van der Waals surface area contributed by atoms with Gasteiger partial charge in [-0.3, -0.25) is 8.97 Å². The van der Waals surface area contributed by atoms with E-state index in [-0.39, 0.29) is 0 Å². The monoisotopic (exact) mass is 741 g/mol. The summed E-state index contributed by atoms with van der Waals surface area (Å²) in [5, 5.41) is 0. The Morgan fingerprint density at radius 3 is 1.55 bits per heavy atom. The number of hydrogen-bond acceptors (Lipinski definition) is 3. The highest BCUT2D eigenvalue weighted by Gasteiger charge is 2.20. The van der Waals surface area contributed by atoms with Crippen molar-refractivity contribution in [1.82, 2.24) is 23.9 Å². The molecule has 0 bridgehead atoms. The number of hydrogen-bond donors (Lipinski definition) is 0. The minimum atomic E-state index is 0.697. The highest BCUT2D eigenvalue weighted by molar-refractivity contribution is 5.97. The van der Waals surface area contributed by atoms with Crippen molar-refractivity contribution in [3.05, 3.63) is 212 Å². The average Bonchev–Trinajstić information content (AvgIpc) is 3.84. The van der Waals surface area contributed by atoms with E-state index in [0.29, 0.717) is 5.82 Å². The Hall–Kier alpha value is -7.89. The Bertz CT molecular complexity index is 3190. The first-order valence-electron chi connectivity index (χ1n) is 19.5. The second kappa shape index (κ2) is 14.0. The van der Waals surface area contributed by atoms with E-state index in [2.05, 4.69) is 197 Å². The summed E-state index contributed by atoms with van der Waals surface area (Å²) >= 11 is 0.